The van der Waals surface area contributed by atoms with Crippen molar-refractivity contribution in [3.63, 3.8) is 0 Å². The number of hydrogen-bond donors (Lipinski definition) is 3. The molecule has 0 aromatic heterocycles. The van der Waals surface area contributed by atoms with Crippen molar-refractivity contribution in [1.82, 2.24) is 5.32 Å². The third-order valence-electron chi connectivity index (χ3n) is 5.19. The van der Waals surface area contributed by atoms with Gasteiger partial charge in [-0.2, -0.15) is 16.8 Å². The summed E-state index contributed by atoms with van der Waals surface area (Å²) in [6, 6.07) is 4.27. The Kier molecular flexibility index (Phi) is 5.26. The Morgan fingerprint density at radius 3 is 2.16 bits per heavy atom. The summed E-state index contributed by atoms with van der Waals surface area (Å²) in [5, 5.41) is 3.33. The van der Waals surface area contributed by atoms with Crippen LogP contribution in [0.15, 0.2) is 18.2 Å². The van der Waals surface area contributed by atoms with Gasteiger partial charge in [0.05, 0.1) is 14.2 Å². The third kappa shape index (κ3) is 4.14. The van der Waals surface area contributed by atoms with Crippen LogP contribution < -0.4 is 23.2 Å². The van der Waals surface area contributed by atoms with E-state index in [1.165, 1.54) is 26.4 Å². The van der Waals surface area contributed by atoms with Gasteiger partial charge in [-0.3, -0.25) is 9.11 Å². The van der Waals surface area contributed by atoms with Crippen LogP contribution in [0.2, 0.25) is 0 Å². The maximum atomic E-state index is 11.6. The van der Waals surface area contributed by atoms with Gasteiger partial charge in [-0.1, -0.05) is 0 Å². The zero-order valence-corrected chi connectivity index (χ0v) is 18.0. The summed E-state index contributed by atoms with van der Waals surface area (Å²) in [5.74, 6) is -0.350. The van der Waals surface area contributed by atoms with Gasteiger partial charge in [0.25, 0.3) is 0 Å². The number of methoxy groups -OCH3 is 2. The summed E-state index contributed by atoms with van der Waals surface area (Å²) in [7, 11) is -7.06. The standard InChI is InChI=1S/C18H19NO10S2/c1-26-13-8-11-10(7-14(13)28-30(20,21)22)5-12-16-9(3-4-19-12)6-15(27-2)18(17(11)16)29-31(23,24)25/h6-8,12,19H,3-5H2,1-2H3,(H,20,21,22)(H,23,24,25). The van der Waals surface area contributed by atoms with Crippen molar-refractivity contribution >= 4 is 20.8 Å². The van der Waals surface area contributed by atoms with Crippen molar-refractivity contribution in [2.45, 2.75) is 18.9 Å². The lowest BCUT2D eigenvalue weighted by molar-refractivity contribution is 0.356. The van der Waals surface area contributed by atoms with Crippen LogP contribution in [-0.2, 0) is 33.6 Å². The average molecular weight is 473 g/mol. The van der Waals surface area contributed by atoms with E-state index in [0.717, 1.165) is 11.1 Å². The topological polar surface area (TPSA) is 158 Å². The molecule has 13 heteroatoms. The average Bonchev–Trinajstić information content (AvgIpc) is 2.66. The first-order valence-corrected chi connectivity index (χ1v) is 11.8. The molecule has 1 aliphatic heterocycles. The summed E-state index contributed by atoms with van der Waals surface area (Å²) >= 11 is 0. The second-order valence-corrected chi connectivity index (χ2v) is 9.04. The molecule has 1 aliphatic carbocycles. The largest absolute Gasteiger partial charge is 0.493 e. The molecule has 0 amide bonds. The molecule has 31 heavy (non-hydrogen) atoms. The fourth-order valence-electron chi connectivity index (χ4n) is 4.14. The molecule has 1 unspecified atom stereocenters. The molecular weight excluding hydrogens is 454 g/mol. The number of ether oxygens (including phenoxy) is 2. The van der Waals surface area contributed by atoms with E-state index in [1.807, 2.05) is 0 Å². The molecule has 2 aliphatic rings. The lowest BCUT2D eigenvalue weighted by Crippen LogP contribution is -2.34. The predicted octanol–water partition coefficient (Wildman–Crippen LogP) is 1.48. The smallest absolute Gasteiger partial charge is 0.446 e. The van der Waals surface area contributed by atoms with Crippen molar-refractivity contribution in [3.8, 4) is 34.1 Å². The van der Waals surface area contributed by atoms with Crippen LogP contribution in [0.5, 0.6) is 23.0 Å². The first-order valence-electron chi connectivity index (χ1n) is 9.03. The van der Waals surface area contributed by atoms with Crippen molar-refractivity contribution in [2.24, 2.45) is 0 Å². The molecule has 0 bridgehead atoms. The SMILES string of the molecule is COc1cc2c(cc1OS(=O)(=O)O)CC1NCCc3cc(OC)c(OS(=O)(=O)O)c-2c31. The summed E-state index contributed by atoms with van der Waals surface area (Å²) in [5.41, 5.74) is 3.12. The second kappa shape index (κ2) is 7.53. The highest BCUT2D eigenvalue weighted by atomic mass is 32.3. The van der Waals surface area contributed by atoms with Crippen molar-refractivity contribution < 1.29 is 43.8 Å². The molecule has 11 nitrogen and oxygen atoms in total. The molecule has 0 fully saturated rings. The highest BCUT2D eigenvalue weighted by Crippen LogP contribution is 2.53. The third-order valence-corrected chi connectivity index (χ3v) is 5.96. The number of nitrogens with one attached hydrogen (secondary N) is 1. The monoisotopic (exact) mass is 473 g/mol. The van der Waals surface area contributed by atoms with Gasteiger partial charge in [0.15, 0.2) is 23.0 Å². The van der Waals surface area contributed by atoms with Crippen LogP contribution in [0.4, 0.5) is 0 Å². The van der Waals surface area contributed by atoms with E-state index in [2.05, 4.69) is 9.50 Å². The summed E-state index contributed by atoms with van der Waals surface area (Å²) in [6.07, 6.45) is 1.07. The normalized spacial score (nSPS) is 17.4. The van der Waals surface area contributed by atoms with Gasteiger partial charge in [0.1, 0.15) is 0 Å². The fourth-order valence-corrected chi connectivity index (χ4v) is 4.87. The van der Waals surface area contributed by atoms with E-state index >= 15 is 0 Å². The molecule has 0 spiro atoms. The summed E-state index contributed by atoms with van der Waals surface area (Å²) in [6.45, 7) is 0.651. The van der Waals surface area contributed by atoms with E-state index in [9.17, 15) is 21.4 Å². The minimum atomic E-state index is -4.88. The fraction of sp³-hybridized carbons (Fsp3) is 0.333. The number of benzene rings is 2. The molecule has 3 N–H and O–H groups in total. The maximum Gasteiger partial charge on any atom is 0.446 e. The van der Waals surface area contributed by atoms with Gasteiger partial charge in [-0.05, 0) is 59.8 Å². The Morgan fingerprint density at radius 1 is 0.903 bits per heavy atom. The van der Waals surface area contributed by atoms with Crippen molar-refractivity contribution in [3.05, 3.63) is 34.9 Å². The zero-order valence-electron chi connectivity index (χ0n) is 16.4. The molecule has 2 aromatic carbocycles. The summed E-state index contributed by atoms with van der Waals surface area (Å²) < 4.78 is 84.1. The molecule has 1 heterocycles. The molecule has 2 aromatic rings. The van der Waals surface area contributed by atoms with Crippen LogP contribution in [0.3, 0.4) is 0 Å². The molecule has 0 saturated carbocycles. The lowest BCUT2D eigenvalue weighted by Gasteiger charge is -2.35. The highest BCUT2D eigenvalue weighted by molar-refractivity contribution is 7.81. The Bertz CT molecular complexity index is 1270. The zero-order chi connectivity index (χ0) is 22.6. The van der Waals surface area contributed by atoms with Gasteiger partial charge in [-0.15, -0.1) is 0 Å². The molecule has 168 valence electrons. The van der Waals surface area contributed by atoms with Crippen LogP contribution >= 0.6 is 0 Å². The quantitative estimate of drug-likeness (QED) is 0.522. The van der Waals surface area contributed by atoms with Crippen molar-refractivity contribution in [2.75, 3.05) is 20.8 Å². The van der Waals surface area contributed by atoms with Gasteiger partial charge in [0.2, 0.25) is 0 Å². The highest BCUT2D eigenvalue weighted by Gasteiger charge is 2.36. The van der Waals surface area contributed by atoms with Crippen LogP contribution in [0.25, 0.3) is 11.1 Å². The van der Waals surface area contributed by atoms with Crippen molar-refractivity contribution in [1.29, 1.82) is 0 Å². The Labute approximate surface area is 178 Å². The maximum absolute atomic E-state index is 11.6. The molecule has 0 saturated heterocycles. The second-order valence-electron chi connectivity index (χ2n) is 7.00. The first kappa shape index (κ1) is 21.6. The number of fused-ring (bicyclic) bond motifs is 2. The van der Waals surface area contributed by atoms with Gasteiger partial charge in [-0.25, -0.2) is 0 Å². The molecular formula is C18H19NO10S2. The van der Waals surface area contributed by atoms with Gasteiger partial charge < -0.3 is 23.2 Å². The minimum Gasteiger partial charge on any atom is -0.493 e. The molecule has 1 atom stereocenters. The van der Waals surface area contributed by atoms with Gasteiger partial charge in [0, 0.05) is 11.6 Å². The molecule has 4 rings (SSSR count). The minimum absolute atomic E-state index is 0.0204. The predicted molar refractivity (Wildman–Crippen MR) is 107 cm³/mol. The van der Waals surface area contributed by atoms with E-state index in [-0.39, 0.29) is 29.0 Å². The lowest BCUT2D eigenvalue weighted by atomic mass is 9.77. The van der Waals surface area contributed by atoms with E-state index < -0.39 is 20.8 Å². The van der Waals surface area contributed by atoms with Crippen LogP contribution in [0.1, 0.15) is 22.7 Å². The number of hydrogen-bond acceptors (Lipinski definition) is 9. The Morgan fingerprint density at radius 2 is 1.55 bits per heavy atom. The Hall–Kier alpha value is -2.58. The van der Waals surface area contributed by atoms with E-state index in [1.54, 1.807) is 6.07 Å². The van der Waals surface area contributed by atoms with E-state index in [4.69, 9.17) is 18.2 Å². The summed E-state index contributed by atoms with van der Waals surface area (Å²) in [4.78, 5) is 0. The van der Waals surface area contributed by atoms with Crippen LogP contribution in [-0.4, -0.2) is 46.7 Å². The Balaban J connectivity index is 2.04. The first-order chi connectivity index (χ1) is 14.5. The van der Waals surface area contributed by atoms with E-state index in [0.29, 0.717) is 36.1 Å². The van der Waals surface area contributed by atoms with Gasteiger partial charge >= 0.3 is 20.8 Å². The number of rotatable bonds is 6. The van der Waals surface area contributed by atoms with Crippen LogP contribution in [0, 0.1) is 0 Å². The molecule has 0 radical (unpaired) electrons.